The van der Waals surface area contributed by atoms with Gasteiger partial charge in [-0.3, -0.25) is 14.3 Å². The molecule has 1 aromatic carbocycles. The highest BCUT2D eigenvalue weighted by atomic mass is 16.5. The van der Waals surface area contributed by atoms with Crippen LogP contribution in [-0.4, -0.2) is 39.6 Å². The molecule has 7 heteroatoms. The molecule has 0 aliphatic carbocycles. The third-order valence-corrected chi connectivity index (χ3v) is 5.25. The number of benzene rings is 1. The molecule has 0 spiro atoms. The lowest BCUT2D eigenvalue weighted by molar-refractivity contribution is 0.165. The second kappa shape index (κ2) is 7.52. The summed E-state index contributed by atoms with van der Waals surface area (Å²) in [5.41, 5.74) is 1.67. The Hall–Kier alpha value is -2.67. The molecule has 4 rings (SSSR count). The zero-order valence-electron chi connectivity index (χ0n) is 15.7. The average Bonchev–Trinajstić information content (AvgIpc) is 3.10. The van der Waals surface area contributed by atoms with Crippen LogP contribution in [0.1, 0.15) is 24.4 Å². The lowest BCUT2D eigenvalue weighted by Gasteiger charge is -2.31. The van der Waals surface area contributed by atoms with E-state index in [1.54, 1.807) is 42.5 Å². The van der Waals surface area contributed by atoms with Crippen LogP contribution in [0.15, 0.2) is 40.0 Å². The first kappa shape index (κ1) is 17.7. The normalized spacial score (nSPS) is 16.1. The largest absolute Gasteiger partial charge is 0.497 e. The lowest BCUT2D eigenvalue weighted by Crippen LogP contribution is -2.36. The molecular weight excluding hydrogens is 344 g/mol. The maximum atomic E-state index is 12.8. The number of hydrogen-bond acceptors (Lipinski definition) is 6. The van der Waals surface area contributed by atoms with Gasteiger partial charge in [0, 0.05) is 26.1 Å². The zero-order chi connectivity index (χ0) is 18.8. The molecule has 0 amide bonds. The van der Waals surface area contributed by atoms with E-state index in [0.29, 0.717) is 35.0 Å². The standard InChI is InChI=1S/C20H24N4O3/c1-14-22-16(12-27-14)11-23-7-5-15(6-8-23)10-24-13-21-19-9-17(26-2)3-4-18(19)20(24)25/h3-4,9,12-13,15H,5-8,10-11H2,1-2H3. The number of hydrogen-bond donors (Lipinski definition) is 0. The molecule has 0 saturated carbocycles. The average molecular weight is 368 g/mol. The van der Waals surface area contributed by atoms with Gasteiger partial charge in [0.05, 0.1) is 30.0 Å². The highest BCUT2D eigenvalue weighted by molar-refractivity contribution is 5.78. The molecule has 0 atom stereocenters. The predicted octanol–water partition coefficient (Wildman–Crippen LogP) is 2.61. The second-order valence-corrected chi connectivity index (χ2v) is 7.16. The summed E-state index contributed by atoms with van der Waals surface area (Å²) in [6.07, 6.45) is 5.51. The van der Waals surface area contributed by atoms with Gasteiger partial charge in [0.25, 0.3) is 5.56 Å². The predicted molar refractivity (Wildman–Crippen MR) is 102 cm³/mol. The van der Waals surface area contributed by atoms with E-state index in [1.165, 1.54) is 0 Å². The lowest BCUT2D eigenvalue weighted by atomic mass is 9.96. The Labute approximate surface area is 157 Å². The van der Waals surface area contributed by atoms with Crippen molar-refractivity contribution >= 4 is 10.9 Å². The summed E-state index contributed by atoms with van der Waals surface area (Å²) >= 11 is 0. The number of piperidine rings is 1. The summed E-state index contributed by atoms with van der Waals surface area (Å²) in [5, 5.41) is 0.636. The van der Waals surface area contributed by atoms with E-state index in [-0.39, 0.29) is 5.56 Å². The van der Waals surface area contributed by atoms with Gasteiger partial charge in [-0.15, -0.1) is 0 Å². The van der Waals surface area contributed by atoms with Crippen molar-refractivity contribution < 1.29 is 9.15 Å². The number of oxazole rings is 1. The number of likely N-dealkylation sites (tertiary alicyclic amines) is 1. The maximum absolute atomic E-state index is 12.8. The Morgan fingerprint density at radius 2 is 2.11 bits per heavy atom. The van der Waals surface area contributed by atoms with Gasteiger partial charge in [0.15, 0.2) is 5.89 Å². The number of nitrogens with zero attached hydrogens (tertiary/aromatic N) is 4. The van der Waals surface area contributed by atoms with E-state index in [2.05, 4.69) is 14.9 Å². The number of ether oxygens (including phenoxy) is 1. The summed E-state index contributed by atoms with van der Waals surface area (Å²) in [6.45, 7) is 5.41. The third-order valence-electron chi connectivity index (χ3n) is 5.25. The number of aromatic nitrogens is 3. The minimum absolute atomic E-state index is 0.0168. The molecule has 0 radical (unpaired) electrons. The fourth-order valence-corrected chi connectivity index (χ4v) is 3.71. The summed E-state index contributed by atoms with van der Waals surface area (Å²) in [6, 6.07) is 5.40. The molecule has 7 nitrogen and oxygen atoms in total. The van der Waals surface area contributed by atoms with Crippen LogP contribution in [-0.2, 0) is 13.1 Å². The van der Waals surface area contributed by atoms with Gasteiger partial charge in [-0.05, 0) is 44.0 Å². The third kappa shape index (κ3) is 3.88. The van der Waals surface area contributed by atoms with Crippen molar-refractivity contribution in [1.82, 2.24) is 19.4 Å². The Balaban J connectivity index is 1.40. The van der Waals surface area contributed by atoms with Gasteiger partial charge in [0.2, 0.25) is 0 Å². The molecule has 1 fully saturated rings. The number of methoxy groups -OCH3 is 1. The van der Waals surface area contributed by atoms with Crippen LogP contribution in [0.4, 0.5) is 0 Å². The maximum Gasteiger partial charge on any atom is 0.261 e. The van der Waals surface area contributed by atoms with Crippen molar-refractivity contribution in [3.8, 4) is 5.75 Å². The summed E-state index contributed by atoms with van der Waals surface area (Å²) < 4.78 is 12.2. The summed E-state index contributed by atoms with van der Waals surface area (Å²) in [7, 11) is 1.61. The van der Waals surface area contributed by atoms with Gasteiger partial charge in [0.1, 0.15) is 12.0 Å². The molecule has 1 aliphatic rings. The minimum atomic E-state index is 0.0168. The second-order valence-electron chi connectivity index (χ2n) is 7.16. The van der Waals surface area contributed by atoms with Gasteiger partial charge in [-0.1, -0.05) is 0 Å². The van der Waals surface area contributed by atoms with Crippen LogP contribution in [0.25, 0.3) is 10.9 Å². The molecule has 3 heterocycles. The molecule has 0 bridgehead atoms. The van der Waals surface area contributed by atoms with Crippen LogP contribution in [0.2, 0.25) is 0 Å². The van der Waals surface area contributed by atoms with E-state index < -0.39 is 0 Å². The molecule has 2 aromatic heterocycles. The van der Waals surface area contributed by atoms with Crippen LogP contribution < -0.4 is 10.3 Å². The van der Waals surface area contributed by atoms with Crippen molar-refractivity contribution in [3.63, 3.8) is 0 Å². The van der Waals surface area contributed by atoms with Crippen LogP contribution in [0.5, 0.6) is 5.75 Å². The fraction of sp³-hybridized carbons (Fsp3) is 0.450. The highest BCUT2D eigenvalue weighted by Gasteiger charge is 2.21. The molecule has 0 N–H and O–H groups in total. The summed E-state index contributed by atoms with van der Waals surface area (Å²) in [5.74, 6) is 1.90. The van der Waals surface area contributed by atoms with Gasteiger partial charge in [-0.25, -0.2) is 9.97 Å². The quantitative estimate of drug-likeness (QED) is 0.689. The van der Waals surface area contributed by atoms with E-state index in [0.717, 1.165) is 38.2 Å². The van der Waals surface area contributed by atoms with E-state index in [4.69, 9.17) is 9.15 Å². The number of fused-ring (bicyclic) bond motifs is 1. The van der Waals surface area contributed by atoms with Crippen molar-refractivity contribution in [2.45, 2.75) is 32.9 Å². The molecule has 142 valence electrons. The van der Waals surface area contributed by atoms with Gasteiger partial charge < -0.3 is 9.15 Å². The van der Waals surface area contributed by atoms with Crippen LogP contribution >= 0.6 is 0 Å². The zero-order valence-corrected chi connectivity index (χ0v) is 15.7. The Morgan fingerprint density at radius 1 is 1.30 bits per heavy atom. The molecular formula is C20H24N4O3. The Bertz CT molecular complexity index is 986. The van der Waals surface area contributed by atoms with Crippen molar-refractivity contribution in [1.29, 1.82) is 0 Å². The van der Waals surface area contributed by atoms with E-state index >= 15 is 0 Å². The van der Waals surface area contributed by atoms with Crippen LogP contribution in [0, 0.1) is 12.8 Å². The number of aryl methyl sites for hydroxylation is 1. The van der Waals surface area contributed by atoms with E-state index in [1.807, 2.05) is 6.92 Å². The molecule has 3 aromatic rings. The fourth-order valence-electron chi connectivity index (χ4n) is 3.71. The van der Waals surface area contributed by atoms with E-state index in [9.17, 15) is 4.79 Å². The first-order valence-electron chi connectivity index (χ1n) is 9.29. The van der Waals surface area contributed by atoms with Crippen molar-refractivity contribution in [2.24, 2.45) is 5.92 Å². The minimum Gasteiger partial charge on any atom is -0.497 e. The smallest absolute Gasteiger partial charge is 0.261 e. The van der Waals surface area contributed by atoms with Crippen molar-refractivity contribution in [2.75, 3.05) is 20.2 Å². The molecule has 0 unspecified atom stereocenters. The molecule has 1 saturated heterocycles. The number of rotatable bonds is 5. The SMILES string of the molecule is COc1ccc2c(=O)n(CC3CCN(Cc4coc(C)n4)CC3)cnc2c1. The topological polar surface area (TPSA) is 73.4 Å². The van der Waals surface area contributed by atoms with Gasteiger partial charge >= 0.3 is 0 Å². The monoisotopic (exact) mass is 368 g/mol. The summed E-state index contributed by atoms with van der Waals surface area (Å²) in [4.78, 5) is 24.0. The van der Waals surface area contributed by atoms with Crippen molar-refractivity contribution in [3.05, 3.63) is 52.7 Å². The first-order chi connectivity index (χ1) is 13.1. The molecule has 27 heavy (non-hydrogen) atoms. The first-order valence-corrected chi connectivity index (χ1v) is 9.29. The highest BCUT2D eigenvalue weighted by Crippen LogP contribution is 2.21. The van der Waals surface area contributed by atoms with Crippen LogP contribution in [0.3, 0.4) is 0 Å². The molecule has 1 aliphatic heterocycles. The Morgan fingerprint density at radius 3 is 2.81 bits per heavy atom. The van der Waals surface area contributed by atoms with Gasteiger partial charge in [-0.2, -0.15) is 0 Å². The Kier molecular flexibility index (Phi) is 4.94.